The molecule has 1 aliphatic heterocycles. The fourth-order valence-corrected chi connectivity index (χ4v) is 4.96. The maximum atomic E-state index is 13.4. The van der Waals surface area contributed by atoms with E-state index in [4.69, 9.17) is 5.11 Å². The van der Waals surface area contributed by atoms with Crippen molar-refractivity contribution in [3.8, 4) is 0 Å². The summed E-state index contributed by atoms with van der Waals surface area (Å²) in [5, 5.41) is 106. The van der Waals surface area contributed by atoms with Crippen molar-refractivity contribution in [1.82, 2.24) is 31.1 Å². The molecule has 0 saturated carbocycles. The molecule has 0 radical (unpaired) electrons. The van der Waals surface area contributed by atoms with Crippen molar-refractivity contribution >= 4 is 48.2 Å². The third kappa shape index (κ3) is 13.8. The lowest BCUT2D eigenvalue weighted by molar-refractivity contribution is -0.147. The van der Waals surface area contributed by atoms with Crippen molar-refractivity contribution in [3.63, 3.8) is 0 Å². The first-order chi connectivity index (χ1) is 23.4. The minimum Gasteiger partial charge on any atom is -0.481 e. The Balaban J connectivity index is 3.37. The maximum Gasteiger partial charge on any atom is 0.327 e. The highest BCUT2D eigenvalue weighted by Crippen LogP contribution is 2.11. The Hall–Kier alpha value is -3.23. The predicted molar refractivity (Wildman–Crippen MR) is 170 cm³/mol. The number of carbonyl (C=O) groups is 6. The molecule has 1 saturated heterocycles. The summed E-state index contributed by atoms with van der Waals surface area (Å²) in [6, 6.07) is -8.45. The van der Waals surface area contributed by atoms with E-state index in [-0.39, 0.29) is 6.54 Å². The van der Waals surface area contributed by atoms with Crippen LogP contribution in [0.4, 0.5) is 0 Å². The molecule has 0 aromatic heterocycles. The van der Waals surface area contributed by atoms with E-state index in [2.05, 4.69) is 22.8 Å². The van der Waals surface area contributed by atoms with E-state index in [1.165, 1.54) is 0 Å². The molecule has 10 atom stereocenters. The number of carboxylic acid groups (broad SMARTS) is 2. The van der Waals surface area contributed by atoms with Crippen LogP contribution in [0, 0.1) is 0 Å². The molecule has 0 bridgehead atoms. The molecule has 1 rings (SSSR count). The molecule has 14 N–H and O–H groups in total. The minimum atomic E-state index is -2.47. The van der Waals surface area contributed by atoms with Gasteiger partial charge < -0.3 is 77.2 Å². The highest BCUT2D eigenvalue weighted by atomic mass is 32.1. The number of amides is 4. The Kier molecular flexibility index (Phi) is 19.6. The highest BCUT2D eigenvalue weighted by Gasteiger charge is 2.42. The van der Waals surface area contributed by atoms with Gasteiger partial charge >= 0.3 is 11.9 Å². The first-order valence-electron chi connectivity index (χ1n) is 15.4. The van der Waals surface area contributed by atoms with Gasteiger partial charge in [0.25, 0.3) is 0 Å². The van der Waals surface area contributed by atoms with Crippen LogP contribution < -0.4 is 21.3 Å². The quantitative estimate of drug-likeness (QED) is 0.0458. The second-order valence-corrected chi connectivity index (χ2v) is 11.8. The number of aliphatic carboxylic acids is 2. The lowest BCUT2D eigenvalue weighted by Gasteiger charge is -2.34. The molecular weight excluding hydrogens is 696 g/mol. The van der Waals surface area contributed by atoms with Gasteiger partial charge in [0, 0.05) is 31.9 Å². The van der Waals surface area contributed by atoms with Crippen LogP contribution in [0.2, 0.25) is 0 Å². The van der Waals surface area contributed by atoms with Crippen molar-refractivity contribution in [1.29, 1.82) is 0 Å². The van der Waals surface area contributed by atoms with E-state index < -0.39 is 122 Å². The number of hydrogen-bond donors (Lipinski definition) is 15. The van der Waals surface area contributed by atoms with Gasteiger partial charge in [-0.2, -0.15) is 12.6 Å². The van der Waals surface area contributed by atoms with E-state index in [1.807, 2.05) is 22.9 Å². The van der Waals surface area contributed by atoms with Gasteiger partial charge in [-0.1, -0.05) is 6.92 Å². The van der Waals surface area contributed by atoms with E-state index in [9.17, 15) is 74.7 Å². The number of nitrogens with one attached hydrogen (secondary N) is 4. The molecular formula is C27H48N6O16S. The molecule has 1 fully saturated rings. The van der Waals surface area contributed by atoms with Crippen LogP contribution in [0.3, 0.4) is 0 Å². The second-order valence-electron chi connectivity index (χ2n) is 11.4. The summed E-state index contributed by atoms with van der Waals surface area (Å²) >= 11 is 3.77. The molecule has 0 aromatic rings. The summed E-state index contributed by atoms with van der Waals surface area (Å²) in [7, 11) is 0. The Bertz CT molecular complexity index is 1150. The Labute approximate surface area is 291 Å². The molecule has 0 aliphatic carbocycles. The summed E-state index contributed by atoms with van der Waals surface area (Å²) in [6.07, 6.45) is -14.8. The topological polar surface area (TPSA) is 359 Å². The standard InChI is InChI=1S/C27H48N6O16S/c1-2-32-3-5-33(6-4-32)8-16(38)30-18(22(43)20(41)14(36)9-34)25(46)28-12(7-17(39)40)24(45)31-19(23(44)21(42)15(37)10-35)26(47)29-13(11-50)27(48)49/h12-15,18-23,34-37,41-44,50H,2-11H2,1H3,(H,28,46)(H,29,47)(H,30,38)(H,31,45)(H,39,40)(H,48,49)/t12-,13+,14+,15+,18-,19-,20+,21+,22+,23+/m0/s1. The fourth-order valence-electron chi connectivity index (χ4n) is 4.71. The molecule has 4 amide bonds. The predicted octanol–water partition coefficient (Wildman–Crippen LogP) is -8.80. The van der Waals surface area contributed by atoms with Crippen molar-refractivity contribution < 1.29 is 79.8 Å². The van der Waals surface area contributed by atoms with Crippen LogP contribution in [0.5, 0.6) is 0 Å². The van der Waals surface area contributed by atoms with Crippen LogP contribution >= 0.6 is 12.6 Å². The number of likely N-dealkylation sites (N-methyl/N-ethyl adjacent to an activating group) is 1. The number of carboxylic acids is 2. The molecule has 22 nitrogen and oxygen atoms in total. The number of aliphatic hydroxyl groups excluding tert-OH is 8. The fraction of sp³-hybridized carbons (Fsp3) is 0.778. The number of carbonyl (C=O) groups excluding carboxylic acids is 4. The monoisotopic (exact) mass is 744 g/mol. The van der Waals surface area contributed by atoms with Gasteiger partial charge in [-0.25, -0.2) is 4.79 Å². The molecule has 288 valence electrons. The first kappa shape index (κ1) is 44.8. The van der Waals surface area contributed by atoms with Crippen LogP contribution in [0.15, 0.2) is 0 Å². The summed E-state index contributed by atoms with van der Waals surface area (Å²) in [4.78, 5) is 79.5. The van der Waals surface area contributed by atoms with Crippen molar-refractivity contribution in [2.75, 3.05) is 58.2 Å². The maximum absolute atomic E-state index is 13.4. The van der Waals surface area contributed by atoms with Crippen molar-refractivity contribution in [2.24, 2.45) is 0 Å². The molecule has 0 spiro atoms. The average molecular weight is 745 g/mol. The average Bonchev–Trinajstić information content (AvgIpc) is 3.08. The zero-order valence-electron chi connectivity index (χ0n) is 27.1. The van der Waals surface area contributed by atoms with Gasteiger partial charge in [-0.05, 0) is 6.54 Å². The first-order valence-corrected chi connectivity index (χ1v) is 16.1. The lowest BCUT2D eigenvalue weighted by Crippen LogP contribution is -2.65. The van der Waals surface area contributed by atoms with Crippen molar-refractivity contribution in [2.45, 2.75) is 74.1 Å². The molecule has 0 unspecified atom stereocenters. The molecule has 1 aliphatic rings. The Morgan fingerprint density at radius 1 is 0.640 bits per heavy atom. The summed E-state index contributed by atoms with van der Waals surface area (Å²) in [5.41, 5.74) is 0. The number of thiol groups is 1. The number of rotatable bonds is 22. The second kappa shape index (κ2) is 21.9. The third-order valence-corrected chi connectivity index (χ3v) is 8.18. The number of hydrogen-bond acceptors (Lipinski definition) is 17. The van der Waals surface area contributed by atoms with Crippen LogP contribution in [0.1, 0.15) is 13.3 Å². The number of nitrogens with zero attached hydrogens (tertiary/aromatic N) is 2. The van der Waals surface area contributed by atoms with E-state index in [0.717, 1.165) is 6.54 Å². The van der Waals surface area contributed by atoms with E-state index >= 15 is 0 Å². The van der Waals surface area contributed by atoms with Crippen LogP contribution in [-0.2, 0) is 28.8 Å². The lowest BCUT2D eigenvalue weighted by atomic mass is 9.98. The summed E-state index contributed by atoms with van der Waals surface area (Å²) in [5.74, 6) is -9.25. The van der Waals surface area contributed by atoms with Gasteiger partial charge in [0.15, 0.2) is 0 Å². The van der Waals surface area contributed by atoms with Gasteiger partial charge in [-0.3, -0.25) is 28.9 Å². The van der Waals surface area contributed by atoms with Crippen LogP contribution in [0.25, 0.3) is 0 Å². The number of piperazine rings is 1. The van der Waals surface area contributed by atoms with E-state index in [0.29, 0.717) is 26.2 Å². The van der Waals surface area contributed by atoms with Gasteiger partial charge in [0.05, 0.1) is 26.2 Å². The summed E-state index contributed by atoms with van der Waals surface area (Å²) < 4.78 is 0. The Morgan fingerprint density at radius 3 is 1.48 bits per heavy atom. The SMILES string of the molecule is CCN1CCN(CC(=O)N[C@H](C(=O)N[C@@H](CC(=O)O)C(=O)N[C@H](C(=O)N[C@H](CS)C(=O)O)[C@@H](O)[C@H](O)[C@H](O)CO)[C@@H](O)[C@H](O)[C@H](O)CO)CC1. The molecule has 0 aromatic carbocycles. The Morgan fingerprint density at radius 2 is 1.08 bits per heavy atom. The molecule has 50 heavy (non-hydrogen) atoms. The number of aliphatic hydroxyl groups is 8. The van der Waals surface area contributed by atoms with Crippen LogP contribution in [-0.4, -0.2) is 215 Å². The largest absolute Gasteiger partial charge is 0.481 e. The zero-order valence-corrected chi connectivity index (χ0v) is 28.0. The minimum absolute atomic E-state index is 0.300. The zero-order chi connectivity index (χ0) is 38.3. The van der Waals surface area contributed by atoms with Gasteiger partial charge in [0.2, 0.25) is 23.6 Å². The van der Waals surface area contributed by atoms with Gasteiger partial charge in [-0.15, -0.1) is 0 Å². The van der Waals surface area contributed by atoms with Crippen molar-refractivity contribution in [3.05, 3.63) is 0 Å². The molecule has 23 heteroatoms. The third-order valence-electron chi connectivity index (χ3n) is 7.81. The highest BCUT2D eigenvalue weighted by molar-refractivity contribution is 7.80. The normalized spacial score (nSPS) is 20.0. The summed E-state index contributed by atoms with van der Waals surface area (Å²) in [6.45, 7) is 2.36. The van der Waals surface area contributed by atoms with Gasteiger partial charge in [0.1, 0.15) is 60.8 Å². The smallest absolute Gasteiger partial charge is 0.327 e. The molecule has 1 heterocycles. The van der Waals surface area contributed by atoms with E-state index in [1.54, 1.807) is 4.90 Å².